The lowest BCUT2D eigenvalue weighted by molar-refractivity contribution is -0.130. The Labute approximate surface area is 148 Å². The highest BCUT2D eigenvalue weighted by Gasteiger charge is 2.25. The van der Waals surface area contributed by atoms with E-state index in [0.717, 1.165) is 18.4 Å². The summed E-state index contributed by atoms with van der Waals surface area (Å²) in [6.07, 6.45) is 4.84. The predicted molar refractivity (Wildman–Crippen MR) is 96.3 cm³/mol. The van der Waals surface area contributed by atoms with Gasteiger partial charge in [0.1, 0.15) is 0 Å². The summed E-state index contributed by atoms with van der Waals surface area (Å²) >= 11 is 0. The highest BCUT2D eigenvalue weighted by Crippen LogP contribution is 2.29. The average molecular weight is 346 g/mol. The molecule has 0 aromatic heterocycles. The SMILES string of the molecule is COc1cc(C=CC(=O)N2CCCC(C(N)=O)C2)ccc1OC(C)C. The molecule has 2 rings (SSSR count). The molecule has 1 aromatic rings. The van der Waals surface area contributed by atoms with Crippen LogP contribution in [0.15, 0.2) is 24.3 Å². The summed E-state index contributed by atoms with van der Waals surface area (Å²) in [4.78, 5) is 25.3. The molecule has 0 radical (unpaired) electrons. The van der Waals surface area contributed by atoms with Gasteiger partial charge in [-0.05, 0) is 50.5 Å². The number of hydrogen-bond acceptors (Lipinski definition) is 4. The maximum absolute atomic E-state index is 12.3. The Morgan fingerprint density at radius 3 is 2.72 bits per heavy atom. The van der Waals surface area contributed by atoms with E-state index in [1.165, 1.54) is 6.08 Å². The van der Waals surface area contributed by atoms with Crippen LogP contribution in [0.5, 0.6) is 11.5 Å². The van der Waals surface area contributed by atoms with Gasteiger partial charge < -0.3 is 20.1 Å². The molecule has 1 fully saturated rings. The second-order valence-electron chi connectivity index (χ2n) is 6.44. The van der Waals surface area contributed by atoms with Gasteiger partial charge in [-0.25, -0.2) is 0 Å². The van der Waals surface area contributed by atoms with Crippen LogP contribution in [0.1, 0.15) is 32.3 Å². The van der Waals surface area contributed by atoms with Crippen LogP contribution in [0.2, 0.25) is 0 Å². The minimum absolute atomic E-state index is 0.0502. The molecule has 0 saturated carbocycles. The van der Waals surface area contributed by atoms with Crippen molar-refractivity contribution in [1.82, 2.24) is 4.90 Å². The number of hydrogen-bond donors (Lipinski definition) is 1. The third-order valence-electron chi connectivity index (χ3n) is 4.10. The molecule has 6 nitrogen and oxygen atoms in total. The number of amides is 2. The highest BCUT2D eigenvalue weighted by atomic mass is 16.5. The molecule has 1 aromatic carbocycles. The molecule has 1 atom stereocenters. The van der Waals surface area contributed by atoms with E-state index in [-0.39, 0.29) is 23.8 Å². The summed E-state index contributed by atoms with van der Waals surface area (Å²) < 4.78 is 11.0. The number of likely N-dealkylation sites (tertiary alicyclic amines) is 1. The lowest BCUT2D eigenvalue weighted by Crippen LogP contribution is -2.43. The molecule has 0 bridgehead atoms. The van der Waals surface area contributed by atoms with Crippen LogP contribution in [0, 0.1) is 5.92 Å². The van der Waals surface area contributed by atoms with Crippen molar-refractivity contribution in [3.63, 3.8) is 0 Å². The van der Waals surface area contributed by atoms with Crippen LogP contribution in [-0.2, 0) is 9.59 Å². The molecular weight excluding hydrogens is 320 g/mol. The first-order valence-corrected chi connectivity index (χ1v) is 8.51. The fourth-order valence-corrected chi connectivity index (χ4v) is 2.82. The van der Waals surface area contributed by atoms with Crippen molar-refractivity contribution in [3.8, 4) is 11.5 Å². The summed E-state index contributed by atoms with van der Waals surface area (Å²) in [5, 5.41) is 0. The van der Waals surface area contributed by atoms with E-state index in [0.29, 0.717) is 24.6 Å². The second kappa shape index (κ2) is 8.55. The van der Waals surface area contributed by atoms with Crippen molar-refractivity contribution in [3.05, 3.63) is 29.8 Å². The first kappa shape index (κ1) is 18.8. The van der Waals surface area contributed by atoms with Crippen LogP contribution in [0.3, 0.4) is 0 Å². The number of rotatable bonds is 6. The molecule has 1 heterocycles. The lowest BCUT2D eigenvalue weighted by Gasteiger charge is -2.30. The first-order chi connectivity index (χ1) is 11.9. The average Bonchev–Trinajstić information content (AvgIpc) is 2.60. The molecule has 0 spiro atoms. The van der Waals surface area contributed by atoms with Crippen molar-refractivity contribution in [2.45, 2.75) is 32.8 Å². The maximum Gasteiger partial charge on any atom is 0.246 e. The molecule has 1 aliphatic heterocycles. The number of carbonyl (C=O) groups is 2. The molecule has 2 N–H and O–H groups in total. The van der Waals surface area contributed by atoms with Crippen LogP contribution in [0.25, 0.3) is 6.08 Å². The topological polar surface area (TPSA) is 81.9 Å². The van der Waals surface area contributed by atoms with Gasteiger partial charge in [0.15, 0.2) is 11.5 Å². The third kappa shape index (κ3) is 5.24. The second-order valence-corrected chi connectivity index (χ2v) is 6.44. The minimum Gasteiger partial charge on any atom is -0.493 e. The highest BCUT2D eigenvalue weighted by molar-refractivity contribution is 5.92. The number of carbonyl (C=O) groups excluding carboxylic acids is 2. The number of benzene rings is 1. The molecule has 6 heteroatoms. The number of methoxy groups -OCH3 is 1. The van der Waals surface area contributed by atoms with E-state index in [1.807, 2.05) is 32.0 Å². The Balaban J connectivity index is 2.05. The number of ether oxygens (including phenoxy) is 2. The number of nitrogens with zero attached hydrogens (tertiary/aromatic N) is 1. The van der Waals surface area contributed by atoms with Crippen LogP contribution < -0.4 is 15.2 Å². The maximum atomic E-state index is 12.3. The van der Waals surface area contributed by atoms with Gasteiger partial charge >= 0.3 is 0 Å². The van der Waals surface area contributed by atoms with Crippen LogP contribution in [0.4, 0.5) is 0 Å². The quantitative estimate of drug-likeness (QED) is 0.801. The minimum atomic E-state index is -0.341. The van der Waals surface area contributed by atoms with Gasteiger partial charge in [-0.1, -0.05) is 6.07 Å². The molecule has 136 valence electrons. The summed E-state index contributed by atoms with van der Waals surface area (Å²) in [6.45, 7) is 4.94. The van der Waals surface area contributed by atoms with Gasteiger partial charge in [0.25, 0.3) is 0 Å². The van der Waals surface area contributed by atoms with E-state index >= 15 is 0 Å². The molecule has 25 heavy (non-hydrogen) atoms. The molecule has 1 aliphatic rings. The predicted octanol–water partition coefficient (Wildman–Crippen LogP) is 2.22. The molecule has 0 aliphatic carbocycles. The van der Waals surface area contributed by atoms with Crippen LogP contribution >= 0.6 is 0 Å². The Kier molecular flexibility index (Phi) is 6.44. The van der Waals surface area contributed by atoms with Crippen molar-refractivity contribution in [1.29, 1.82) is 0 Å². The van der Waals surface area contributed by atoms with Crippen LogP contribution in [-0.4, -0.2) is 43.0 Å². The first-order valence-electron chi connectivity index (χ1n) is 8.51. The van der Waals surface area contributed by atoms with E-state index in [9.17, 15) is 9.59 Å². The smallest absolute Gasteiger partial charge is 0.246 e. The zero-order valence-electron chi connectivity index (χ0n) is 15.0. The molecule has 2 amide bonds. The van der Waals surface area contributed by atoms with Gasteiger partial charge in [0.2, 0.25) is 11.8 Å². The summed E-state index contributed by atoms with van der Waals surface area (Å²) in [7, 11) is 1.58. The van der Waals surface area contributed by atoms with E-state index in [1.54, 1.807) is 18.1 Å². The molecule has 1 saturated heterocycles. The third-order valence-corrected chi connectivity index (χ3v) is 4.10. The van der Waals surface area contributed by atoms with Gasteiger partial charge in [-0.3, -0.25) is 9.59 Å². The number of nitrogens with two attached hydrogens (primary N) is 1. The monoisotopic (exact) mass is 346 g/mol. The Hall–Kier alpha value is -2.50. The van der Waals surface area contributed by atoms with Gasteiger partial charge in [0, 0.05) is 19.2 Å². The van der Waals surface area contributed by atoms with E-state index in [2.05, 4.69) is 0 Å². The zero-order chi connectivity index (χ0) is 18.4. The number of primary amides is 1. The molecule has 1 unspecified atom stereocenters. The van der Waals surface area contributed by atoms with E-state index < -0.39 is 0 Å². The van der Waals surface area contributed by atoms with E-state index in [4.69, 9.17) is 15.2 Å². The van der Waals surface area contributed by atoms with Crippen molar-refractivity contribution >= 4 is 17.9 Å². The number of piperidine rings is 1. The Morgan fingerprint density at radius 2 is 2.08 bits per heavy atom. The normalized spacial score (nSPS) is 17.8. The summed E-state index contributed by atoms with van der Waals surface area (Å²) in [6, 6.07) is 5.52. The van der Waals surface area contributed by atoms with Gasteiger partial charge in [-0.2, -0.15) is 0 Å². The van der Waals surface area contributed by atoms with Gasteiger partial charge in [-0.15, -0.1) is 0 Å². The fraction of sp³-hybridized carbons (Fsp3) is 0.474. The Bertz CT molecular complexity index is 655. The van der Waals surface area contributed by atoms with Crippen molar-refractivity contribution < 1.29 is 19.1 Å². The van der Waals surface area contributed by atoms with Gasteiger partial charge in [0.05, 0.1) is 19.1 Å². The van der Waals surface area contributed by atoms with Crippen molar-refractivity contribution in [2.24, 2.45) is 11.7 Å². The zero-order valence-corrected chi connectivity index (χ0v) is 15.0. The standard InChI is InChI=1S/C19H26N2O4/c1-13(2)25-16-8-6-14(11-17(16)24-3)7-9-18(22)21-10-4-5-15(12-21)19(20)23/h6-9,11,13,15H,4-5,10,12H2,1-3H3,(H2,20,23). The summed E-state index contributed by atoms with van der Waals surface area (Å²) in [5.74, 6) is 0.578. The fourth-order valence-electron chi connectivity index (χ4n) is 2.82. The molecular formula is C19H26N2O4. The Morgan fingerprint density at radius 1 is 1.32 bits per heavy atom. The van der Waals surface area contributed by atoms with Crippen molar-refractivity contribution in [2.75, 3.05) is 20.2 Å². The largest absolute Gasteiger partial charge is 0.493 e. The lowest BCUT2D eigenvalue weighted by atomic mass is 9.97. The summed E-state index contributed by atoms with van der Waals surface area (Å²) in [5.41, 5.74) is 6.19.